The summed E-state index contributed by atoms with van der Waals surface area (Å²) in [6.45, 7) is 3.05. The maximum atomic E-state index is 13.4. The number of aromatic nitrogens is 2. The van der Waals surface area contributed by atoms with E-state index < -0.39 is 11.7 Å². The average molecular weight is 347 g/mol. The Morgan fingerprint density at radius 1 is 1.40 bits per heavy atom. The van der Waals surface area contributed by atoms with Gasteiger partial charge in [0, 0.05) is 37.6 Å². The van der Waals surface area contributed by atoms with Gasteiger partial charge in [0.15, 0.2) is 0 Å². The molecule has 0 fully saturated rings. The molecule has 0 spiro atoms. The summed E-state index contributed by atoms with van der Waals surface area (Å²) in [5, 5.41) is 0. The maximum absolute atomic E-state index is 13.4. The number of ether oxygens (including phenoxy) is 1. The van der Waals surface area contributed by atoms with Crippen molar-refractivity contribution in [1.29, 1.82) is 0 Å². The van der Waals surface area contributed by atoms with E-state index >= 15 is 0 Å². The van der Waals surface area contributed by atoms with Crippen molar-refractivity contribution in [3.8, 4) is 0 Å². The van der Waals surface area contributed by atoms with Crippen LogP contribution in [0, 0.1) is 11.7 Å². The number of carbonyl (C=O) groups is 2. The van der Waals surface area contributed by atoms with Gasteiger partial charge in [0.05, 0.1) is 19.4 Å². The minimum absolute atomic E-state index is 0.214. The fourth-order valence-corrected chi connectivity index (χ4v) is 2.55. The molecule has 2 rings (SSSR count). The van der Waals surface area contributed by atoms with Gasteiger partial charge in [0.2, 0.25) is 0 Å². The molecular formula is C18H22FN3O3. The molecule has 0 N–H and O–H groups in total. The molecule has 1 heterocycles. The highest BCUT2D eigenvalue weighted by molar-refractivity contribution is 5.94. The van der Waals surface area contributed by atoms with Gasteiger partial charge >= 0.3 is 5.97 Å². The molecule has 0 aliphatic heterocycles. The third-order valence-electron chi connectivity index (χ3n) is 3.86. The molecule has 0 aliphatic carbocycles. The second-order valence-electron chi connectivity index (χ2n) is 5.84. The largest absolute Gasteiger partial charge is 0.469 e. The normalized spacial score (nSPS) is 11.8. The molecule has 25 heavy (non-hydrogen) atoms. The van der Waals surface area contributed by atoms with Crippen LogP contribution in [0.3, 0.4) is 0 Å². The number of nitrogens with zero attached hydrogens (tertiary/aromatic N) is 3. The summed E-state index contributed by atoms with van der Waals surface area (Å²) in [5.41, 5.74) is 0.264. The number of amides is 1. The van der Waals surface area contributed by atoms with Gasteiger partial charge in [-0.15, -0.1) is 0 Å². The Kier molecular flexibility index (Phi) is 6.68. The summed E-state index contributed by atoms with van der Waals surface area (Å²) in [5.74, 6) is -1.62. The van der Waals surface area contributed by atoms with Crippen molar-refractivity contribution in [2.75, 3.05) is 20.2 Å². The molecule has 6 nitrogen and oxygen atoms in total. The minimum Gasteiger partial charge on any atom is -0.469 e. The van der Waals surface area contributed by atoms with Gasteiger partial charge < -0.3 is 14.2 Å². The Labute approximate surface area is 146 Å². The van der Waals surface area contributed by atoms with E-state index in [0.717, 1.165) is 0 Å². The number of benzene rings is 1. The highest BCUT2D eigenvalue weighted by atomic mass is 19.1. The zero-order valence-electron chi connectivity index (χ0n) is 14.4. The summed E-state index contributed by atoms with van der Waals surface area (Å²) in [6.07, 6.45) is 5.92. The Balaban J connectivity index is 2.06. The van der Waals surface area contributed by atoms with Gasteiger partial charge in [-0.2, -0.15) is 0 Å². The summed E-state index contributed by atoms with van der Waals surface area (Å²) in [7, 11) is 1.32. The number of aryl methyl sites for hydroxylation is 1. The summed E-state index contributed by atoms with van der Waals surface area (Å²) < 4.78 is 20.1. The van der Waals surface area contributed by atoms with Crippen LogP contribution in [0.5, 0.6) is 0 Å². The van der Waals surface area contributed by atoms with Crippen LogP contribution in [-0.4, -0.2) is 46.5 Å². The fourth-order valence-electron chi connectivity index (χ4n) is 2.55. The second-order valence-corrected chi connectivity index (χ2v) is 5.84. The molecule has 0 bridgehead atoms. The van der Waals surface area contributed by atoms with Crippen LogP contribution in [0.2, 0.25) is 0 Å². The van der Waals surface area contributed by atoms with E-state index in [1.165, 1.54) is 25.3 Å². The summed E-state index contributed by atoms with van der Waals surface area (Å²) >= 11 is 0. The third-order valence-corrected chi connectivity index (χ3v) is 3.86. The van der Waals surface area contributed by atoms with Crippen molar-refractivity contribution < 1.29 is 18.7 Å². The van der Waals surface area contributed by atoms with Gasteiger partial charge in [0.25, 0.3) is 5.91 Å². The van der Waals surface area contributed by atoms with Gasteiger partial charge in [-0.3, -0.25) is 9.59 Å². The van der Waals surface area contributed by atoms with E-state index in [2.05, 4.69) is 4.98 Å². The molecule has 1 unspecified atom stereocenters. The molecule has 2 aromatic rings. The van der Waals surface area contributed by atoms with Crippen molar-refractivity contribution in [2.45, 2.75) is 19.9 Å². The predicted molar refractivity (Wildman–Crippen MR) is 90.3 cm³/mol. The van der Waals surface area contributed by atoms with Crippen molar-refractivity contribution in [3.63, 3.8) is 0 Å². The first kappa shape index (κ1) is 18.6. The number of rotatable bonds is 8. The first-order chi connectivity index (χ1) is 12.0. The number of halogens is 1. The van der Waals surface area contributed by atoms with E-state index in [4.69, 9.17) is 4.74 Å². The van der Waals surface area contributed by atoms with Crippen molar-refractivity contribution in [1.82, 2.24) is 14.5 Å². The minimum atomic E-state index is -0.467. The zero-order valence-corrected chi connectivity index (χ0v) is 14.4. The molecule has 134 valence electrons. The van der Waals surface area contributed by atoms with Crippen LogP contribution >= 0.6 is 0 Å². The standard InChI is InChI=1S/C18H22FN3O3/c1-14(18(24)25-2)12-22(9-4-8-21-10-7-20-13-21)17(23)15-5-3-6-16(19)11-15/h3,5-7,10-11,13-14H,4,8-9,12H2,1-2H3. The fraction of sp³-hybridized carbons (Fsp3) is 0.389. The Morgan fingerprint density at radius 2 is 2.20 bits per heavy atom. The van der Waals surface area contributed by atoms with E-state index in [9.17, 15) is 14.0 Å². The number of hydrogen-bond acceptors (Lipinski definition) is 4. The molecule has 0 saturated heterocycles. The summed E-state index contributed by atoms with van der Waals surface area (Å²) in [4.78, 5) is 29.9. The van der Waals surface area contributed by atoms with Crippen LogP contribution in [0.25, 0.3) is 0 Å². The molecule has 1 aromatic carbocycles. The van der Waals surface area contributed by atoms with E-state index in [0.29, 0.717) is 19.5 Å². The maximum Gasteiger partial charge on any atom is 0.310 e. The Hall–Kier alpha value is -2.70. The SMILES string of the molecule is COC(=O)C(C)CN(CCCn1ccnc1)C(=O)c1cccc(F)c1. The Bertz CT molecular complexity index is 703. The highest BCUT2D eigenvalue weighted by Gasteiger charge is 2.22. The van der Waals surface area contributed by atoms with Crippen LogP contribution in [0.15, 0.2) is 43.0 Å². The Morgan fingerprint density at radius 3 is 2.84 bits per heavy atom. The van der Waals surface area contributed by atoms with Gasteiger partial charge in [0.1, 0.15) is 5.82 Å². The van der Waals surface area contributed by atoms with Crippen LogP contribution < -0.4 is 0 Å². The van der Waals surface area contributed by atoms with Crippen molar-refractivity contribution in [2.24, 2.45) is 5.92 Å². The van der Waals surface area contributed by atoms with E-state index in [1.807, 2.05) is 10.8 Å². The quantitative estimate of drug-likeness (QED) is 0.688. The van der Waals surface area contributed by atoms with E-state index in [-0.39, 0.29) is 24.0 Å². The van der Waals surface area contributed by atoms with Crippen molar-refractivity contribution >= 4 is 11.9 Å². The molecule has 0 saturated carbocycles. The third kappa shape index (κ3) is 5.41. The van der Waals surface area contributed by atoms with Crippen LogP contribution in [-0.2, 0) is 16.1 Å². The number of hydrogen-bond donors (Lipinski definition) is 0. The molecule has 7 heteroatoms. The topological polar surface area (TPSA) is 64.4 Å². The van der Waals surface area contributed by atoms with E-state index in [1.54, 1.807) is 30.4 Å². The number of methoxy groups -OCH3 is 1. The molecule has 0 radical (unpaired) electrons. The summed E-state index contributed by atoms with van der Waals surface area (Å²) in [6, 6.07) is 5.55. The number of esters is 1. The molecule has 1 atom stereocenters. The van der Waals surface area contributed by atoms with Crippen LogP contribution in [0.1, 0.15) is 23.7 Å². The average Bonchev–Trinajstić information content (AvgIpc) is 3.12. The number of imidazole rings is 1. The second kappa shape index (κ2) is 8.96. The molecule has 1 aromatic heterocycles. The lowest BCUT2D eigenvalue weighted by atomic mass is 10.1. The zero-order chi connectivity index (χ0) is 18.2. The first-order valence-electron chi connectivity index (χ1n) is 8.09. The van der Waals surface area contributed by atoms with Crippen LogP contribution in [0.4, 0.5) is 4.39 Å². The molecule has 1 amide bonds. The highest BCUT2D eigenvalue weighted by Crippen LogP contribution is 2.11. The number of carbonyl (C=O) groups excluding carboxylic acids is 2. The monoisotopic (exact) mass is 347 g/mol. The van der Waals surface area contributed by atoms with Gasteiger partial charge in [-0.05, 0) is 24.6 Å². The lowest BCUT2D eigenvalue weighted by Gasteiger charge is -2.25. The molecule has 0 aliphatic rings. The molecular weight excluding hydrogens is 325 g/mol. The lowest BCUT2D eigenvalue weighted by molar-refractivity contribution is -0.145. The smallest absolute Gasteiger partial charge is 0.310 e. The first-order valence-corrected chi connectivity index (χ1v) is 8.09. The van der Waals surface area contributed by atoms with Gasteiger partial charge in [-0.25, -0.2) is 9.37 Å². The van der Waals surface area contributed by atoms with Gasteiger partial charge in [-0.1, -0.05) is 13.0 Å². The van der Waals surface area contributed by atoms with Crippen molar-refractivity contribution in [3.05, 3.63) is 54.4 Å². The lowest BCUT2D eigenvalue weighted by Crippen LogP contribution is -2.38. The predicted octanol–water partition coefficient (Wildman–Crippen LogP) is 2.36.